The monoisotopic (exact) mass is 553 g/mol. The third-order valence-electron chi connectivity index (χ3n) is 8.97. The number of fused-ring (bicyclic) bond motifs is 2. The molecule has 9 nitrogen and oxygen atoms in total. The van der Waals surface area contributed by atoms with Gasteiger partial charge in [-0.05, 0) is 69.0 Å². The number of piperazine rings is 1. The number of hydrogen-bond acceptors (Lipinski definition) is 7. The van der Waals surface area contributed by atoms with Crippen LogP contribution in [0.3, 0.4) is 0 Å². The van der Waals surface area contributed by atoms with Gasteiger partial charge in [0.05, 0.1) is 16.4 Å². The Hall–Kier alpha value is -4.02. The molecule has 10 heteroatoms. The average Bonchev–Trinajstić information content (AvgIpc) is 3.56. The van der Waals surface area contributed by atoms with Gasteiger partial charge >= 0.3 is 0 Å². The normalized spacial score (nSPS) is 20.7. The van der Waals surface area contributed by atoms with E-state index in [1.165, 1.54) is 32.0 Å². The quantitative estimate of drug-likeness (QED) is 0.265. The van der Waals surface area contributed by atoms with E-state index in [9.17, 15) is 4.39 Å². The molecule has 2 fully saturated rings. The van der Waals surface area contributed by atoms with Crippen LogP contribution in [-0.2, 0) is 0 Å². The van der Waals surface area contributed by atoms with Crippen molar-refractivity contribution in [1.82, 2.24) is 34.3 Å². The van der Waals surface area contributed by atoms with Crippen LogP contribution in [0.15, 0.2) is 48.9 Å². The van der Waals surface area contributed by atoms with Crippen molar-refractivity contribution >= 4 is 39.5 Å². The molecule has 4 heterocycles. The maximum atomic E-state index is 14.0. The lowest BCUT2D eigenvalue weighted by Gasteiger charge is -2.41. The first-order valence-electron chi connectivity index (χ1n) is 14.5. The second kappa shape index (κ2) is 10.4. The summed E-state index contributed by atoms with van der Waals surface area (Å²) in [5.41, 5.74) is 12.3. The zero-order chi connectivity index (χ0) is 28.1. The minimum absolute atomic E-state index is 0.259. The standard InChI is InChI=1S/C31H36FN9/c1-19-15-26-27(16-25(19)32)38-31(37-26)36-21-5-3-20(4-6-21)24-17-41(30-28(24)29(33)34-18-35-30)23-9-7-22(8-10-23)40-13-11-39(2)12-14-40/h3-6,15-18,22-23H,7-14H2,1-2H3,(H2,33,34,35)(H2,36,37,38)/t22-,23+. The number of H-pyrrole nitrogens is 1. The van der Waals surface area contributed by atoms with Crippen LogP contribution in [0.4, 0.5) is 21.8 Å². The molecule has 0 unspecified atom stereocenters. The Labute approximate surface area is 238 Å². The first-order chi connectivity index (χ1) is 19.9. The van der Waals surface area contributed by atoms with Gasteiger partial charge in [-0.1, -0.05) is 12.1 Å². The van der Waals surface area contributed by atoms with Crippen molar-refractivity contribution in [1.29, 1.82) is 0 Å². The molecule has 4 N–H and O–H groups in total. The van der Waals surface area contributed by atoms with Crippen LogP contribution in [0.5, 0.6) is 0 Å². The van der Waals surface area contributed by atoms with Gasteiger partial charge in [-0.15, -0.1) is 0 Å². The fourth-order valence-corrected chi connectivity index (χ4v) is 6.56. The number of nitrogen functional groups attached to an aromatic ring is 1. The molecule has 212 valence electrons. The van der Waals surface area contributed by atoms with Crippen LogP contribution in [0.25, 0.3) is 33.2 Å². The highest BCUT2D eigenvalue weighted by atomic mass is 19.1. The maximum absolute atomic E-state index is 14.0. The maximum Gasteiger partial charge on any atom is 0.205 e. The highest BCUT2D eigenvalue weighted by Crippen LogP contribution is 2.39. The Bertz CT molecular complexity index is 1650. The molecule has 1 aliphatic carbocycles. The van der Waals surface area contributed by atoms with Crippen LogP contribution in [0, 0.1) is 12.7 Å². The van der Waals surface area contributed by atoms with Gasteiger partial charge < -0.3 is 25.5 Å². The second-order valence-corrected chi connectivity index (χ2v) is 11.6. The number of halogens is 1. The molecule has 5 aromatic rings. The van der Waals surface area contributed by atoms with E-state index in [1.54, 1.807) is 19.3 Å². The van der Waals surface area contributed by atoms with E-state index in [1.807, 2.05) is 12.1 Å². The van der Waals surface area contributed by atoms with Crippen LogP contribution in [0.2, 0.25) is 0 Å². The molecule has 2 aliphatic rings. The van der Waals surface area contributed by atoms with E-state index in [-0.39, 0.29) is 5.82 Å². The highest BCUT2D eigenvalue weighted by Gasteiger charge is 2.30. The number of nitrogens with one attached hydrogen (secondary N) is 2. The van der Waals surface area contributed by atoms with Gasteiger partial charge in [0, 0.05) is 61.8 Å². The predicted molar refractivity (Wildman–Crippen MR) is 162 cm³/mol. The van der Waals surface area contributed by atoms with Gasteiger partial charge in [-0.25, -0.2) is 19.3 Å². The summed E-state index contributed by atoms with van der Waals surface area (Å²) in [6.45, 7) is 6.41. The number of benzene rings is 2. The number of rotatable bonds is 5. The summed E-state index contributed by atoms with van der Waals surface area (Å²) in [6.07, 6.45) is 8.47. The lowest BCUT2D eigenvalue weighted by atomic mass is 9.89. The van der Waals surface area contributed by atoms with E-state index < -0.39 is 0 Å². The van der Waals surface area contributed by atoms with E-state index in [0.29, 0.717) is 34.9 Å². The van der Waals surface area contributed by atoms with Gasteiger partial charge in [0.15, 0.2) is 0 Å². The Morgan fingerprint density at radius 1 is 0.976 bits per heavy atom. The highest BCUT2D eigenvalue weighted by molar-refractivity contribution is 6.00. The lowest BCUT2D eigenvalue weighted by Crippen LogP contribution is -2.49. The topological polar surface area (TPSA) is 104 Å². The minimum Gasteiger partial charge on any atom is -0.383 e. The number of imidazole rings is 1. The predicted octanol–water partition coefficient (Wildman–Crippen LogP) is 5.48. The van der Waals surface area contributed by atoms with Crippen molar-refractivity contribution in [3.63, 3.8) is 0 Å². The number of likely N-dealkylation sites (N-methyl/N-ethyl adjacent to an activating group) is 1. The second-order valence-electron chi connectivity index (χ2n) is 11.6. The third kappa shape index (κ3) is 4.91. The summed E-state index contributed by atoms with van der Waals surface area (Å²) in [7, 11) is 2.21. The van der Waals surface area contributed by atoms with Crippen molar-refractivity contribution in [3.05, 3.63) is 60.3 Å². The summed E-state index contributed by atoms with van der Waals surface area (Å²) in [4.78, 5) is 21.8. The van der Waals surface area contributed by atoms with E-state index in [4.69, 9.17) is 10.7 Å². The Kier molecular flexibility index (Phi) is 6.59. The first kappa shape index (κ1) is 25.9. The Morgan fingerprint density at radius 2 is 1.71 bits per heavy atom. The van der Waals surface area contributed by atoms with Crippen molar-refractivity contribution in [3.8, 4) is 11.1 Å². The van der Waals surface area contributed by atoms with Gasteiger partial charge in [-0.2, -0.15) is 0 Å². The molecule has 0 amide bonds. The lowest BCUT2D eigenvalue weighted by molar-refractivity contribution is 0.0828. The fraction of sp³-hybridized carbons (Fsp3) is 0.387. The number of aromatic nitrogens is 5. The average molecular weight is 554 g/mol. The summed E-state index contributed by atoms with van der Waals surface area (Å²) in [5.74, 6) is 0.812. The van der Waals surface area contributed by atoms with Crippen molar-refractivity contribution < 1.29 is 4.39 Å². The van der Waals surface area contributed by atoms with Gasteiger partial charge in [-0.3, -0.25) is 4.90 Å². The minimum atomic E-state index is -0.259. The third-order valence-corrected chi connectivity index (χ3v) is 8.97. The zero-order valence-corrected chi connectivity index (χ0v) is 23.6. The number of anilines is 3. The van der Waals surface area contributed by atoms with Gasteiger partial charge in [0.2, 0.25) is 5.95 Å². The smallest absolute Gasteiger partial charge is 0.205 e. The number of aryl methyl sites for hydroxylation is 1. The molecular formula is C31H36FN9. The Morgan fingerprint density at radius 3 is 2.46 bits per heavy atom. The Balaban J connectivity index is 1.12. The molecule has 1 saturated carbocycles. The van der Waals surface area contributed by atoms with E-state index in [0.717, 1.165) is 59.3 Å². The number of nitrogens with two attached hydrogens (primary N) is 1. The number of hydrogen-bond donors (Lipinski definition) is 3. The van der Waals surface area contributed by atoms with Crippen LogP contribution in [0.1, 0.15) is 37.3 Å². The number of aromatic amines is 1. The zero-order valence-electron chi connectivity index (χ0n) is 23.6. The SMILES string of the molecule is Cc1cc2[nH]c(Nc3ccc(-c4cn([C@H]5CC[C@@H](N6CCN(C)CC6)CC5)c5ncnc(N)c45)cc3)nc2cc1F. The molecule has 1 saturated heterocycles. The molecule has 3 aromatic heterocycles. The van der Waals surface area contributed by atoms with Crippen LogP contribution < -0.4 is 11.1 Å². The fourth-order valence-electron chi connectivity index (χ4n) is 6.56. The van der Waals surface area contributed by atoms with E-state index >= 15 is 0 Å². The van der Waals surface area contributed by atoms with Crippen LogP contribution >= 0.6 is 0 Å². The molecule has 1 aliphatic heterocycles. The van der Waals surface area contributed by atoms with Crippen molar-refractivity contribution in [2.45, 2.75) is 44.7 Å². The molecule has 0 bridgehead atoms. The summed E-state index contributed by atoms with van der Waals surface area (Å²) in [5, 5.41) is 4.21. The molecule has 0 atom stereocenters. The largest absolute Gasteiger partial charge is 0.383 e. The molecule has 41 heavy (non-hydrogen) atoms. The molecule has 2 aromatic carbocycles. The van der Waals surface area contributed by atoms with Crippen LogP contribution in [-0.4, -0.2) is 73.6 Å². The van der Waals surface area contributed by atoms with Crippen molar-refractivity contribution in [2.75, 3.05) is 44.3 Å². The first-order valence-corrected chi connectivity index (χ1v) is 14.5. The molecule has 0 radical (unpaired) electrons. The summed E-state index contributed by atoms with van der Waals surface area (Å²) in [6, 6.07) is 12.5. The summed E-state index contributed by atoms with van der Waals surface area (Å²) >= 11 is 0. The van der Waals surface area contributed by atoms with Gasteiger partial charge in [0.25, 0.3) is 0 Å². The van der Waals surface area contributed by atoms with Crippen molar-refractivity contribution in [2.24, 2.45) is 0 Å². The molecule has 7 rings (SSSR count). The number of nitrogens with zero attached hydrogens (tertiary/aromatic N) is 6. The van der Waals surface area contributed by atoms with E-state index in [2.05, 4.69) is 60.0 Å². The molecule has 0 spiro atoms. The summed E-state index contributed by atoms with van der Waals surface area (Å²) < 4.78 is 16.3. The van der Waals surface area contributed by atoms with Gasteiger partial charge in [0.1, 0.15) is 23.6 Å². The molecular weight excluding hydrogens is 517 g/mol.